The number of nitrogens with one attached hydrogen (secondary N) is 1. The second-order valence-corrected chi connectivity index (χ2v) is 7.24. The Labute approximate surface area is 173 Å². The number of benzene rings is 2. The fourth-order valence-corrected chi connectivity index (χ4v) is 3.89. The molecule has 1 amide bonds. The van der Waals surface area contributed by atoms with Crippen molar-refractivity contribution >= 4 is 17.3 Å². The molecule has 1 atom stereocenters. The number of nitro benzene ring substituents is 1. The summed E-state index contributed by atoms with van der Waals surface area (Å²) < 4.78 is 15.9. The summed E-state index contributed by atoms with van der Waals surface area (Å²) in [5.41, 5.74) is 0.739. The fraction of sp³-hybridized carbons (Fsp3) is 0.381. The van der Waals surface area contributed by atoms with Crippen LogP contribution in [0.25, 0.3) is 0 Å². The number of hydrogen-bond donors (Lipinski definition) is 1. The minimum absolute atomic E-state index is 0.00235. The molecule has 9 heteroatoms. The largest absolute Gasteiger partial charge is 0.497 e. The molecule has 0 spiro atoms. The summed E-state index contributed by atoms with van der Waals surface area (Å²) in [5, 5.41) is 14.7. The number of piperidine rings is 1. The summed E-state index contributed by atoms with van der Waals surface area (Å²) in [6.07, 6.45) is 2.95. The maximum Gasteiger partial charge on any atom is 0.278 e. The molecule has 1 N–H and O–H groups in total. The monoisotopic (exact) mass is 413 g/mol. The maximum atomic E-state index is 13.4. The Bertz CT molecular complexity index is 941. The maximum absolute atomic E-state index is 13.4. The van der Waals surface area contributed by atoms with Crippen molar-refractivity contribution in [3.8, 4) is 17.2 Å². The van der Waals surface area contributed by atoms with E-state index in [4.69, 9.17) is 14.2 Å². The van der Waals surface area contributed by atoms with Crippen LogP contribution in [0.4, 0.5) is 11.4 Å². The minimum Gasteiger partial charge on any atom is -0.497 e. The van der Waals surface area contributed by atoms with Gasteiger partial charge in [0, 0.05) is 5.69 Å². The van der Waals surface area contributed by atoms with E-state index in [0.29, 0.717) is 41.6 Å². The highest BCUT2D eigenvalue weighted by molar-refractivity contribution is 5.96. The van der Waals surface area contributed by atoms with Gasteiger partial charge in [0.2, 0.25) is 12.7 Å². The van der Waals surface area contributed by atoms with Crippen molar-refractivity contribution in [3.05, 3.63) is 52.1 Å². The smallest absolute Gasteiger partial charge is 0.278 e. The molecule has 0 bridgehead atoms. The predicted molar refractivity (Wildman–Crippen MR) is 109 cm³/mol. The molecule has 9 nitrogen and oxygen atoms in total. The predicted octanol–water partition coefficient (Wildman–Crippen LogP) is 3.50. The first-order chi connectivity index (χ1) is 14.6. The Morgan fingerprint density at radius 3 is 2.43 bits per heavy atom. The third-order valence-corrected chi connectivity index (χ3v) is 5.37. The van der Waals surface area contributed by atoms with Crippen LogP contribution in [-0.4, -0.2) is 42.7 Å². The van der Waals surface area contributed by atoms with Gasteiger partial charge in [-0.05, 0) is 56.3 Å². The number of methoxy groups -OCH3 is 1. The van der Waals surface area contributed by atoms with Crippen molar-refractivity contribution in [2.24, 2.45) is 0 Å². The number of likely N-dealkylation sites (tertiary alicyclic amines) is 1. The molecular weight excluding hydrogens is 390 g/mol. The van der Waals surface area contributed by atoms with Gasteiger partial charge in [-0.2, -0.15) is 0 Å². The lowest BCUT2D eigenvalue weighted by molar-refractivity contribution is -0.385. The van der Waals surface area contributed by atoms with Crippen LogP contribution >= 0.6 is 0 Å². The summed E-state index contributed by atoms with van der Waals surface area (Å²) in [6.45, 7) is 1.38. The van der Waals surface area contributed by atoms with E-state index < -0.39 is 11.0 Å². The van der Waals surface area contributed by atoms with Crippen molar-refractivity contribution in [1.29, 1.82) is 0 Å². The number of fused-ring (bicyclic) bond motifs is 1. The van der Waals surface area contributed by atoms with E-state index in [-0.39, 0.29) is 18.4 Å². The summed E-state index contributed by atoms with van der Waals surface area (Å²) in [7, 11) is 1.57. The lowest BCUT2D eigenvalue weighted by Gasteiger charge is -2.33. The number of nitrogens with zero attached hydrogens (tertiary/aromatic N) is 2. The Hall–Kier alpha value is -3.33. The standard InChI is InChI=1S/C21H23N3O6/c1-28-15-7-5-14(6-8-15)22-21(25)20(23-9-3-2-4-10-23)16-11-18-19(30-13-29-18)12-17(16)24(26)27/h5-8,11-12,20H,2-4,9-10,13H2,1H3,(H,22,25)/t20-/m0/s1. The third-order valence-electron chi connectivity index (χ3n) is 5.37. The molecule has 0 aromatic heterocycles. The molecule has 0 unspecified atom stereocenters. The van der Waals surface area contributed by atoms with Gasteiger partial charge in [0.1, 0.15) is 11.8 Å². The van der Waals surface area contributed by atoms with Crippen LogP contribution in [0, 0.1) is 10.1 Å². The first-order valence-electron chi connectivity index (χ1n) is 9.83. The van der Waals surface area contributed by atoms with Crippen molar-refractivity contribution in [1.82, 2.24) is 4.90 Å². The van der Waals surface area contributed by atoms with E-state index in [1.54, 1.807) is 37.4 Å². The quantitative estimate of drug-likeness (QED) is 0.571. The highest BCUT2D eigenvalue weighted by Gasteiger charge is 2.36. The van der Waals surface area contributed by atoms with Gasteiger partial charge >= 0.3 is 0 Å². The summed E-state index contributed by atoms with van der Waals surface area (Å²) in [5.74, 6) is 1.07. The van der Waals surface area contributed by atoms with Crippen LogP contribution in [-0.2, 0) is 4.79 Å². The molecule has 30 heavy (non-hydrogen) atoms. The summed E-state index contributed by atoms with van der Waals surface area (Å²) >= 11 is 0. The van der Waals surface area contributed by atoms with Gasteiger partial charge in [0.15, 0.2) is 11.5 Å². The number of carbonyl (C=O) groups excluding carboxylic acids is 1. The van der Waals surface area contributed by atoms with Gasteiger partial charge < -0.3 is 19.5 Å². The highest BCUT2D eigenvalue weighted by atomic mass is 16.7. The van der Waals surface area contributed by atoms with Crippen LogP contribution in [0.15, 0.2) is 36.4 Å². The summed E-state index contributed by atoms with van der Waals surface area (Å²) in [6, 6.07) is 9.05. The molecule has 2 aromatic rings. The van der Waals surface area contributed by atoms with Crippen molar-refractivity contribution in [2.45, 2.75) is 25.3 Å². The van der Waals surface area contributed by atoms with Gasteiger partial charge in [-0.15, -0.1) is 0 Å². The van der Waals surface area contributed by atoms with Gasteiger partial charge in [0.05, 0.1) is 23.7 Å². The van der Waals surface area contributed by atoms with E-state index in [1.165, 1.54) is 6.07 Å². The number of carbonyl (C=O) groups is 1. The van der Waals surface area contributed by atoms with Crippen LogP contribution in [0.1, 0.15) is 30.9 Å². The molecule has 2 aliphatic heterocycles. The van der Waals surface area contributed by atoms with E-state index in [1.807, 2.05) is 4.90 Å². The van der Waals surface area contributed by atoms with Crippen LogP contribution in [0.5, 0.6) is 17.2 Å². The average Bonchev–Trinajstić information content (AvgIpc) is 3.22. The second-order valence-electron chi connectivity index (χ2n) is 7.24. The van der Waals surface area contributed by atoms with Crippen molar-refractivity contribution in [3.63, 3.8) is 0 Å². The van der Waals surface area contributed by atoms with Gasteiger partial charge in [0.25, 0.3) is 5.69 Å². The van der Waals surface area contributed by atoms with E-state index in [9.17, 15) is 14.9 Å². The SMILES string of the molecule is COc1ccc(NC(=O)[C@H](c2cc3c(cc2[N+](=O)[O-])OCO3)N2CCCCC2)cc1. The molecule has 2 heterocycles. The van der Waals surface area contributed by atoms with E-state index in [2.05, 4.69) is 5.32 Å². The highest BCUT2D eigenvalue weighted by Crippen LogP contribution is 2.42. The minimum atomic E-state index is -0.817. The molecule has 2 aromatic carbocycles. The molecule has 2 aliphatic rings. The van der Waals surface area contributed by atoms with Crippen molar-refractivity contribution in [2.75, 3.05) is 32.3 Å². The fourth-order valence-electron chi connectivity index (χ4n) is 3.89. The first-order valence-corrected chi connectivity index (χ1v) is 9.83. The van der Waals surface area contributed by atoms with Crippen LogP contribution in [0.2, 0.25) is 0 Å². The topological polar surface area (TPSA) is 103 Å². The van der Waals surface area contributed by atoms with Crippen molar-refractivity contribution < 1.29 is 23.9 Å². The zero-order valence-corrected chi connectivity index (χ0v) is 16.6. The first kappa shape index (κ1) is 20.0. The Kier molecular flexibility index (Phi) is 5.71. The summed E-state index contributed by atoms with van der Waals surface area (Å²) in [4.78, 5) is 26.7. The van der Waals surface area contributed by atoms with Gasteiger partial charge in [-0.1, -0.05) is 6.42 Å². The molecule has 0 radical (unpaired) electrons. The number of hydrogen-bond acceptors (Lipinski definition) is 7. The van der Waals surface area contributed by atoms with Gasteiger partial charge in [-0.3, -0.25) is 19.8 Å². The molecule has 0 saturated carbocycles. The van der Waals surface area contributed by atoms with E-state index >= 15 is 0 Å². The third kappa shape index (κ3) is 4.02. The zero-order chi connectivity index (χ0) is 21.1. The number of nitro groups is 1. The van der Waals surface area contributed by atoms with Gasteiger partial charge in [-0.25, -0.2) is 0 Å². The molecule has 1 fully saturated rings. The molecule has 1 saturated heterocycles. The molecule has 4 rings (SSSR count). The molecule has 158 valence electrons. The van der Waals surface area contributed by atoms with Crippen LogP contribution in [0.3, 0.4) is 0 Å². The lowest BCUT2D eigenvalue weighted by Crippen LogP contribution is -2.40. The molecular formula is C21H23N3O6. The van der Waals surface area contributed by atoms with E-state index in [0.717, 1.165) is 19.3 Å². The second kappa shape index (κ2) is 8.58. The number of rotatable bonds is 6. The Morgan fingerprint density at radius 1 is 1.13 bits per heavy atom. The number of anilines is 1. The number of ether oxygens (including phenoxy) is 3. The van der Waals surface area contributed by atoms with Crippen LogP contribution < -0.4 is 19.5 Å². The number of amides is 1. The lowest BCUT2D eigenvalue weighted by atomic mass is 9.98. The zero-order valence-electron chi connectivity index (χ0n) is 16.6. The molecule has 0 aliphatic carbocycles. The average molecular weight is 413 g/mol. The normalized spacial score (nSPS) is 16.7. The Morgan fingerprint density at radius 2 is 1.80 bits per heavy atom. The Balaban J connectivity index is 1.71.